The quantitative estimate of drug-likeness (QED) is 0.538. The van der Waals surface area contributed by atoms with Crippen molar-refractivity contribution >= 4 is 29.7 Å². The van der Waals surface area contributed by atoms with Crippen molar-refractivity contribution in [1.82, 2.24) is 0 Å². The van der Waals surface area contributed by atoms with Crippen molar-refractivity contribution in [2.24, 2.45) is 5.41 Å². The lowest BCUT2D eigenvalue weighted by molar-refractivity contribution is -0.150. The molecule has 7 nitrogen and oxygen atoms in total. The number of carbonyl (C=O) groups is 3. The molecule has 0 bridgehead atoms. The van der Waals surface area contributed by atoms with Crippen LogP contribution >= 0.6 is 11.6 Å². The summed E-state index contributed by atoms with van der Waals surface area (Å²) in [5.74, 6) is -1.68. The Morgan fingerprint density at radius 2 is 1.63 bits per heavy atom. The van der Waals surface area contributed by atoms with Crippen LogP contribution < -0.4 is 0 Å². The van der Waals surface area contributed by atoms with Gasteiger partial charge >= 0.3 is 18.1 Å². The lowest BCUT2D eigenvalue weighted by Gasteiger charge is -2.23. The second-order valence-electron chi connectivity index (χ2n) is 4.51. The molecule has 0 aromatic heterocycles. The van der Waals surface area contributed by atoms with Crippen LogP contribution in [-0.2, 0) is 23.8 Å². The van der Waals surface area contributed by atoms with E-state index < -0.39 is 23.5 Å². The van der Waals surface area contributed by atoms with Gasteiger partial charge in [0.05, 0.1) is 19.4 Å². The molecule has 0 aliphatic carbocycles. The molecule has 0 spiro atoms. The first kappa shape index (κ1) is 17.5. The Morgan fingerprint density at radius 1 is 1.05 bits per heavy atom. The summed E-state index contributed by atoms with van der Waals surface area (Å²) in [6.45, 7) is 3.41. The Kier molecular flexibility index (Phi) is 7.90. The van der Waals surface area contributed by atoms with Crippen LogP contribution in [0, 0.1) is 5.41 Å². The zero-order valence-corrected chi connectivity index (χ0v) is 11.6. The lowest BCUT2D eigenvalue weighted by atomic mass is 9.96. The first-order chi connectivity index (χ1) is 8.76. The molecular weight excluding hydrogens is 280 g/mol. The van der Waals surface area contributed by atoms with Crippen LogP contribution in [0.25, 0.3) is 0 Å². The molecule has 19 heavy (non-hydrogen) atoms. The minimum Gasteiger partial charge on any atom is -0.481 e. The normalized spacial score (nSPS) is 10.7. The topological polar surface area (TPSA) is 99.1 Å². The summed E-state index contributed by atoms with van der Waals surface area (Å²) in [4.78, 5) is 32.4. The zero-order chi connectivity index (χ0) is 14.9. The van der Waals surface area contributed by atoms with Gasteiger partial charge in [-0.3, -0.25) is 9.59 Å². The van der Waals surface area contributed by atoms with Crippen molar-refractivity contribution in [3.8, 4) is 0 Å². The molecule has 0 amide bonds. The van der Waals surface area contributed by atoms with E-state index in [1.807, 2.05) is 0 Å². The second-order valence-corrected chi connectivity index (χ2v) is 4.73. The minimum absolute atomic E-state index is 0.000390. The number of rotatable bonds is 8. The van der Waals surface area contributed by atoms with Gasteiger partial charge in [-0.25, -0.2) is 4.79 Å². The van der Waals surface area contributed by atoms with E-state index >= 15 is 0 Å². The van der Waals surface area contributed by atoms with Crippen LogP contribution in [0.2, 0.25) is 0 Å². The molecule has 0 saturated heterocycles. The molecule has 0 aromatic rings. The number of carboxylic acids is 1. The van der Waals surface area contributed by atoms with Gasteiger partial charge in [-0.05, 0) is 0 Å². The standard InChI is InChI=1S/C11H17ClO7/c1-11(2,6-18-10(16)19-7-12)5-17-9(15)4-3-8(13)14/h3-7H2,1-2H3,(H,13,14). The summed E-state index contributed by atoms with van der Waals surface area (Å²) in [5, 5.41) is 8.40. The molecule has 0 rings (SSSR count). The third-order valence-corrected chi connectivity index (χ3v) is 2.03. The van der Waals surface area contributed by atoms with Crippen molar-refractivity contribution in [2.45, 2.75) is 26.7 Å². The number of esters is 1. The van der Waals surface area contributed by atoms with E-state index in [4.69, 9.17) is 26.2 Å². The highest BCUT2D eigenvalue weighted by Gasteiger charge is 2.23. The van der Waals surface area contributed by atoms with Crippen LogP contribution in [0.1, 0.15) is 26.7 Å². The largest absolute Gasteiger partial charge is 0.509 e. The fourth-order valence-corrected chi connectivity index (χ4v) is 1.03. The predicted octanol–water partition coefficient (Wildman–Crippen LogP) is 1.77. The Hall–Kier alpha value is -1.50. The zero-order valence-electron chi connectivity index (χ0n) is 10.8. The molecule has 0 atom stereocenters. The Labute approximate surface area is 115 Å². The van der Waals surface area contributed by atoms with Crippen molar-refractivity contribution in [1.29, 1.82) is 0 Å². The van der Waals surface area contributed by atoms with Gasteiger partial charge < -0.3 is 19.3 Å². The highest BCUT2D eigenvalue weighted by Crippen LogP contribution is 2.16. The molecule has 8 heteroatoms. The average Bonchev–Trinajstić information content (AvgIpc) is 2.32. The number of hydrogen-bond donors (Lipinski definition) is 1. The summed E-state index contributed by atoms with van der Waals surface area (Å²) < 4.78 is 14.0. The maximum atomic E-state index is 11.2. The van der Waals surface area contributed by atoms with Crippen molar-refractivity contribution in [3.63, 3.8) is 0 Å². The van der Waals surface area contributed by atoms with Gasteiger partial charge in [0.2, 0.25) is 0 Å². The van der Waals surface area contributed by atoms with E-state index in [1.165, 1.54) is 0 Å². The summed E-state index contributed by atoms with van der Waals surface area (Å²) in [7, 11) is 0. The third kappa shape index (κ3) is 10.1. The molecule has 0 aromatic carbocycles. The van der Waals surface area contributed by atoms with Gasteiger partial charge in [0, 0.05) is 5.41 Å². The van der Waals surface area contributed by atoms with Gasteiger partial charge in [-0.15, -0.1) is 0 Å². The van der Waals surface area contributed by atoms with Gasteiger partial charge in [-0.2, -0.15) is 0 Å². The second kappa shape index (κ2) is 8.58. The van der Waals surface area contributed by atoms with Gasteiger partial charge in [0.15, 0.2) is 6.07 Å². The Balaban J connectivity index is 3.92. The maximum Gasteiger partial charge on any atom is 0.509 e. The number of carbonyl (C=O) groups excluding carboxylic acids is 2. The SMILES string of the molecule is CC(C)(COC(=O)CCC(=O)O)COC(=O)OCCl. The average molecular weight is 297 g/mol. The first-order valence-corrected chi connectivity index (χ1v) is 6.03. The van der Waals surface area contributed by atoms with E-state index in [-0.39, 0.29) is 32.1 Å². The minimum atomic E-state index is -1.07. The number of ether oxygens (including phenoxy) is 3. The highest BCUT2D eigenvalue weighted by molar-refractivity contribution is 6.17. The van der Waals surface area contributed by atoms with Crippen molar-refractivity contribution in [3.05, 3.63) is 0 Å². The van der Waals surface area contributed by atoms with Gasteiger partial charge in [0.25, 0.3) is 0 Å². The molecule has 0 saturated carbocycles. The Bertz CT molecular complexity index is 327. The molecule has 0 aliphatic rings. The molecule has 0 heterocycles. The number of carboxylic acid groups (broad SMARTS) is 1. The number of aliphatic carboxylic acids is 1. The monoisotopic (exact) mass is 296 g/mol. The van der Waals surface area contributed by atoms with Crippen LogP contribution in [-0.4, -0.2) is 42.5 Å². The van der Waals surface area contributed by atoms with E-state index in [1.54, 1.807) is 13.8 Å². The smallest absolute Gasteiger partial charge is 0.481 e. The predicted molar refractivity (Wildman–Crippen MR) is 64.8 cm³/mol. The maximum absolute atomic E-state index is 11.2. The first-order valence-electron chi connectivity index (χ1n) is 5.50. The summed E-state index contributed by atoms with van der Waals surface area (Å²) in [6, 6.07) is -0.302. The third-order valence-electron chi connectivity index (χ3n) is 1.92. The number of alkyl halides is 1. The molecule has 1 N–H and O–H groups in total. The fraction of sp³-hybridized carbons (Fsp3) is 0.727. The van der Waals surface area contributed by atoms with E-state index in [0.29, 0.717) is 0 Å². The van der Waals surface area contributed by atoms with Crippen LogP contribution in [0.5, 0.6) is 0 Å². The summed E-state index contributed by atoms with van der Waals surface area (Å²) in [6.07, 6.45) is -1.38. The van der Waals surface area contributed by atoms with E-state index in [2.05, 4.69) is 4.74 Å². The van der Waals surface area contributed by atoms with E-state index in [9.17, 15) is 14.4 Å². The fourth-order valence-electron chi connectivity index (χ4n) is 0.939. The van der Waals surface area contributed by atoms with Gasteiger partial charge in [0.1, 0.15) is 6.61 Å². The molecule has 0 radical (unpaired) electrons. The number of hydrogen-bond acceptors (Lipinski definition) is 6. The van der Waals surface area contributed by atoms with Crippen LogP contribution in [0.3, 0.4) is 0 Å². The Morgan fingerprint density at radius 3 is 2.16 bits per heavy atom. The van der Waals surface area contributed by atoms with Crippen molar-refractivity contribution < 1.29 is 33.7 Å². The van der Waals surface area contributed by atoms with E-state index in [0.717, 1.165) is 0 Å². The molecule has 110 valence electrons. The van der Waals surface area contributed by atoms with Crippen molar-refractivity contribution in [2.75, 3.05) is 19.3 Å². The van der Waals surface area contributed by atoms with Crippen LogP contribution in [0.4, 0.5) is 4.79 Å². The highest BCUT2D eigenvalue weighted by atomic mass is 35.5. The number of halogens is 1. The molecule has 0 fully saturated rings. The summed E-state index contributed by atoms with van der Waals surface area (Å²) in [5.41, 5.74) is -0.607. The van der Waals surface area contributed by atoms with Gasteiger partial charge in [-0.1, -0.05) is 25.4 Å². The molecule has 0 unspecified atom stereocenters. The van der Waals surface area contributed by atoms with Crippen LogP contribution in [0.15, 0.2) is 0 Å². The lowest BCUT2D eigenvalue weighted by Crippen LogP contribution is -2.28. The summed E-state index contributed by atoms with van der Waals surface area (Å²) >= 11 is 5.17. The molecular formula is C11H17ClO7. The molecule has 0 aliphatic heterocycles.